The van der Waals surface area contributed by atoms with Gasteiger partial charge in [0.15, 0.2) is 0 Å². The SMILES string of the molecule is C=C/C=C(/Cn1cc(B(OC(C)C)OC(C)(C)C)cn1)SC. The van der Waals surface area contributed by atoms with Crippen molar-refractivity contribution in [2.24, 2.45) is 0 Å². The highest BCUT2D eigenvalue weighted by Crippen LogP contribution is 2.14. The molecule has 6 heteroatoms. The third kappa shape index (κ3) is 6.86. The van der Waals surface area contributed by atoms with Crippen molar-refractivity contribution in [3.8, 4) is 0 Å². The van der Waals surface area contributed by atoms with Crippen molar-refractivity contribution < 1.29 is 9.31 Å². The van der Waals surface area contributed by atoms with Gasteiger partial charge in [0, 0.05) is 34.5 Å². The second-order valence-electron chi connectivity index (χ2n) is 6.29. The summed E-state index contributed by atoms with van der Waals surface area (Å²) in [4.78, 5) is 1.20. The number of nitrogens with zero attached hydrogens (tertiary/aromatic N) is 2. The first kappa shape index (κ1) is 19.1. The van der Waals surface area contributed by atoms with E-state index in [9.17, 15) is 0 Å². The topological polar surface area (TPSA) is 36.3 Å². The van der Waals surface area contributed by atoms with Crippen LogP contribution in [0.3, 0.4) is 0 Å². The number of hydrogen-bond acceptors (Lipinski definition) is 4. The van der Waals surface area contributed by atoms with Crippen LogP contribution in [0.1, 0.15) is 34.6 Å². The minimum atomic E-state index is -0.408. The first-order chi connectivity index (χ1) is 10.2. The molecule has 4 nitrogen and oxygen atoms in total. The zero-order valence-corrected chi connectivity index (χ0v) is 15.3. The summed E-state index contributed by atoms with van der Waals surface area (Å²) < 4.78 is 13.8. The molecule has 0 amide bonds. The lowest BCUT2D eigenvalue weighted by atomic mass is 9.80. The molecule has 22 heavy (non-hydrogen) atoms. The molecule has 0 radical (unpaired) electrons. The standard InChI is InChI=1S/C16H27BN2O2S/c1-8-9-15(22-7)12-19-11-14(10-18-19)17(20-13(2)3)21-16(4,5)6/h8-11,13H,1,12H2,2-7H3/b15-9-. The fourth-order valence-corrected chi connectivity index (χ4v) is 2.30. The van der Waals surface area contributed by atoms with Crippen LogP contribution in [0.15, 0.2) is 36.0 Å². The van der Waals surface area contributed by atoms with Crippen LogP contribution in [0.4, 0.5) is 0 Å². The average Bonchev–Trinajstić information content (AvgIpc) is 2.83. The first-order valence-corrected chi connectivity index (χ1v) is 8.69. The summed E-state index contributed by atoms with van der Waals surface area (Å²) in [6.45, 7) is 14.5. The van der Waals surface area contributed by atoms with E-state index >= 15 is 0 Å². The third-order valence-corrected chi connectivity index (χ3v) is 3.46. The molecule has 0 aliphatic rings. The quantitative estimate of drug-likeness (QED) is 0.544. The molecule has 1 aromatic heterocycles. The molecule has 1 aromatic rings. The van der Waals surface area contributed by atoms with Crippen molar-refractivity contribution in [1.82, 2.24) is 9.78 Å². The maximum Gasteiger partial charge on any atom is 0.497 e. The maximum atomic E-state index is 6.02. The van der Waals surface area contributed by atoms with Crippen LogP contribution < -0.4 is 5.46 Å². The highest BCUT2D eigenvalue weighted by Gasteiger charge is 2.29. The van der Waals surface area contributed by atoms with Crippen molar-refractivity contribution in [3.05, 3.63) is 36.0 Å². The van der Waals surface area contributed by atoms with Gasteiger partial charge in [-0.25, -0.2) is 0 Å². The van der Waals surface area contributed by atoms with Crippen LogP contribution in [0.2, 0.25) is 0 Å². The van der Waals surface area contributed by atoms with Gasteiger partial charge in [0.2, 0.25) is 0 Å². The number of aromatic nitrogens is 2. The third-order valence-electron chi connectivity index (χ3n) is 2.67. The van der Waals surface area contributed by atoms with Crippen molar-refractivity contribution in [2.45, 2.75) is 52.9 Å². The largest absolute Gasteiger partial charge is 0.497 e. The van der Waals surface area contributed by atoms with Gasteiger partial charge in [0.1, 0.15) is 0 Å². The second kappa shape index (κ2) is 8.60. The van der Waals surface area contributed by atoms with Gasteiger partial charge in [0.05, 0.1) is 6.54 Å². The van der Waals surface area contributed by atoms with E-state index in [1.807, 2.05) is 64.0 Å². The van der Waals surface area contributed by atoms with E-state index in [0.717, 1.165) is 12.0 Å². The van der Waals surface area contributed by atoms with Gasteiger partial charge < -0.3 is 9.31 Å². The van der Waals surface area contributed by atoms with Gasteiger partial charge in [-0.2, -0.15) is 5.10 Å². The molecule has 0 atom stereocenters. The molecule has 0 unspecified atom stereocenters. The predicted molar refractivity (Wildman–Crippen MR) is 96.5 cm³/mol. The molecular weight excluding hydrogens is 295 g/mol. The number of allylic oxidation sites excluding steroid dienone is 3. The number of hydrogen-bond donors (Lipinski definition) is 0. The minimum absolute atomic E-state index is 0.0816. The monoisotopic (exact) mass is 322 g/mol. The highest BCUT2D eigenvalue weighted by atomic mass is 32.2. The summed E-state index contributed by atoms with van der Waals surface area (Å²) in [5.41, 5.74) is 0.650. The Morgan fingerprint density at radius 1 is 1.50 bits per heavy atom. The molecule has 0 aliphatic carbocycles. The summed E-state index contributed by atoms with van der Waals surface area (Å²) in [6.07, 6.45) is 9.71. The van der Waals surface area contributed by atoms with Crippen LogP contribution in [0.5, 0.6) is 0 Å². The van der Waals surface area contributed by atoms with E-state index in [-0.39, 0.29) is 11.7 Å². The molecule has 0 N–H and O–H groups in total. The van der Waals surface area contributed by atoms with Crippen LogP contribution >= 0.6 is 11.8 Å². The van der Waals surface area contributed by atoms with Gasteiger partial charge in [-0.1, -0.05) is 18.7 Å². The molecule has 0 fully saturated rings. The number of rotatable bonds is 8. The fourth-order valence-electron chi connectivity index (χ4n) is 1.81. The Hall–Kier alpha value is -0.975. The molecule has 0 saturated carbocycles. The Bertz CT molecular complexity index is 506. The zero-order chi connectivity index (χ0) is 16.8. The summed E-state index contributed by atoms with van der Waals surface area (Å²) in [5.74, 6) is 0. The van der Waals surface area contributed by atoms with Gasteiger partial charge in [0.25, 0.3) is 0 Å². The lowest BCUT2D eigenvalue weighted by Gasteiger charge is -2.25. The van der Waals surface area contributed by atoms with Gasteiger partial charge in [-0.3, -0.25) is 4.68 Å². The van der Waals surface area contributed by atoms with Crippen molar-refractivity contribution >= 4 is 24.3 Å². The van der Waals surface area contributed by atoms with Crippen LogP contribution in [0, 0.1) is 0 Å². The summed E-state index contributed by atoms with van der Waals surface area (Å²) in [6, 6.07) is 0. The lowest BCUT2D eigenvalue weighted by Crippen LogP contribution is -2.43. The van der Waals surface area contributed by atoms with E-state index < -0.39 is 7.12 Å². The van der Waals surface area contributed by atoms with Gasteiger partial charge >= 0.3 is 7.12 Å². The van der Waals surface area contributed by atoms with E-state index in [4.69, 9.17) is 9.31 Å². The number of thioether (sulfide) groups is 1. The summed E-state index contributed by atoms with van der Waals surface area (Å²) in [7, 11) is -0.408. The Balaban J connectivity index is 2.88. The zero-order valence-electron chi connectivity index (χ0n) is 14.5. The molecule has 1 rings (SSSR count). The average molecular weight is 322 g/mol. The van der Waals surface area contributed by atoms with Gasteiger partial charge in [-0.15, -0.1) is 11.8 Å². The predicted octanol–water partition coefficient (Wildman–Crippen LogP) is 3.25. The summed E-state index contributed by atoms with van der Waals surface area (Å²) in [5, 5.41) is 4.41. The Morgan fingerprint density at radius 2 is 2.18 bits per heavy atom. The Kier molecular flexibility index (Phi) is 7.46. The van der Waals surface area contributed by atoms with Crippen LogP contribution in [-0.2, 0) is 15.9 Å². The Morgan fingerprint density at radius 3 is 2.68 bits per heavy atom. The molecule has 0 spiro atoms. The first-order valence-electron chi connectivity index (χ1n) is 7.46. The van der Waals surface area contributed by atoms with E-state index in [2.05, 4.69) is 11.7 Å². The van der Waals surface area contributed by atoms with Gasteiger partial charge in [-0.05, 0) is 40.9 Å². The molecule has 122 valence electrons. The molecule has 0 aromatic carbocycles. The molecule has 0 saturated heterocycles. The van der Waals surface area contributed by atoms with Crippen molar-refractivity contribution in [1.29, 1.82) is 0 Å². The molecular formula is C16H27BN2O2S. The highest BCUT2D eigenvalue weighted by molar-refractivity contribution is 8.02. The van der Waals surface area contributed by atoms with Crippen LogP contribution in [-0.4, -0.2) is 34.9 Å². The lowest BCUT2D eigenvalue weighted by molar-refractivity contribution is 0.0757. The van der Waals surface area contributed by atoms with Crippen molar-refractivity contribution in [2.75, 3.05) is 6.26 Å². The van der Waals surface area contributed by atoms with Crippen molar-refractivity contribution in [3.63, 3.8) is 0 Å². The fraction of sp³-hybridized carbons (Fsp3) is 0.562. The van der Waals surface area contributed by atoms with E-state index in [0.29, 0.717) is 0 Å². The molecule has 0 aliphatic heterocycles. The smallest absolute Gasteiger partial charge is 0.405 e. The molecule has 1 heterocycles. The molecule has 0 bridgehead atoms. The normalized spacial score (nSPS) is 12.8. The van der Waals surface area contributed by atoms with E-state index in [1.165, 1.54) is 4.91 Å². The summed E-state index contributed by atoms with van der Waals surface area (Å²) >= 11 is 1.69. The van der Waals surface area contributed by atoms with Crippen LogP contribution in [0.25, 0.3) is 0 Å². The maximum absolute atomic E-state index is 6.02. The Labute approximate surface area is 139 Å². The van der Waals surface area contributed by atoms with E-state index in [1.54, 1.807) is 17.8 Å². The minimum Gasteiger partial charge on any atom is -0.405 e. The second-order valence-corrected chi connectivity index (χ2v) is 7.22.